The molecule has 1 heterocycles. The molecule has 30 heavy (non-hydrogen) atoms. The molecule has 0 aromatic heterocycles. The molecule has 1 aliphatic rings. The van der Waals surface area contributed by atoms with Crippen molar-refractivity contribution in [1.29, 1.82) is 0 Å². The molecule has 0 atom stereocenters. The van der Waals surface area contributed by atoms with Crippen LogP contribution in [-0.2, 0) is 6.54 Å². The maximum atomic E-state index is 5.66. The van der Waals surface area contributed by atoms with Crippen molar-refractivity contribution in [3.05, 3.63) is 47.0 Å². The Morgan fingerprint density at radius 2 is 1.53 bits per heavy atom. The molecule has 0 aliphatic carbocycles. The number of hydrogen-bond acceptors (Lipinski definition) is 5. The number of rotatable bonds is 6. The van der Waals surface area contributed by atoms with Gasteiger partial charge >= 0.3 is 0 Å². The van der Waals surface area contributed by atoms with Crippen molar-refractivity contribution < 1.29 is 14.2 Å². The molecule has 0 bridgehead atoms. The Morgan fingerprint density at radius 1 is 0.900 bits per heavy atom. The molecule has 162 valence electrons. The van der Waals surface area contributed by atoms with Crippen LogP contribution in [0, 0.1) is 13.8 Å². The molecular weight excluding hydrogens is 398 g/mol. The molecule has 1 N–H and O–H groups in total. The monoisotopic (exact) mass is 429 g/mol. The average Bonchev–Trinajstić information content (AvgIpc) is 2.73. The van der Waals surface area contributed by atoms with Crippen LogP contribution in [0.3, 0.4) is 0 Å². The van der Waals surface area contributed by atoms with Crippen LogP contribution in [0.4, 0.5) is 5.69 Å². The second-order valence-electron chi connectivity index (χ2n) is 7.56. The molecule has 0 spiro atoms. The Kier molecular flexibility index (Phi) is 7.39. The number of ether oxygens (including phenoxy) is 3. The average molecular weight is 430 g/mol. The molecule has 0 amide bonds. The molecule has 3 rings (SSSR count). The van der Waals surface area contributed by atoms with E-state index in [0.717, 1.165) is 54.8 Å². The van der Waals surface area contributed by atoms with Gasteiger partial charge in [-0.1, -0.05) is 12.1 Å². The molecule has 0 radical (unpaired) electrons. The van der Waals surface area contributed by atoms with Crippen LogP contribution in [0.15, 0.2) is 30.3 Å². The third-order valence-corrected chi connectivity index (χ3v) is 5.67. The molecule has 1 saturated heterocycles. The maximum absolute atomic E-state index is 5.66. The predicted molar refractivity (Wildman–Crippen MR) is 125 cm³/mol. The highest BCUT2D eigenvalue weighted by Gasteiger charge is 2.22. The summed E-state index contributed by atoms with van der Waals surface area (Å²) >= 11 is 5.66. The van der Waals surface area contributed by atoms with Crippen LogP contribution in [0.25, 0.3) is 0 Å². The van der Waals surface area contributed by atoms with Crippen LogP contribution < -0.4 is 19.5 Å². The summed E-state index contributed by atoms with van der Waals surface area (Å²) in [5, 5.41) is 4.17. The van der Waals surface area contributed by atoms with Crippen LogP contribution in [0.5, 0.6) is 17.2 Å². The second-order valence-corrected chi connectivity index (χ2v) is 7.95. The molecule has 6 nitrogen and oxygen atoms in total. The maximum Gasteiger partial charge on any atom is 0.203 e. The lowest BCUT2D eigenvalue weighted by Crippen LogP contribution is -2.49. The van der Waals surface area contributed by atoms with E-state index in [1.807, 2.05) is 12.1 Å². The second kappa shape index (κ2) is 10.00. The smallest absolute Gasteiger partial charge is 0.203 e. The largest absolute Gasteiger partial charge is 0.493 e. The SMILES string of the molecule is COc1ccc(CN2CCN(C(=S)Nc3cc(C)cc(C)c3)CC2)c(OC)c1OC. The first-order chi connectivity index (χ1) is 14.4. The Labute approximate surface area is 184 Å². The molecule has 0 unspecified atom stereocenters. The first-order valence-corrected chi connectivity index (χ1v) is 10.5. The van der Waals surface area contributed by atoms with Crippen molar-refractivity contribution >= 4 is 23.0 Å². The van der Waals surface area contributed by atoms with E-state index < -0.39 is 0 Å². The number of nitrogens with one attached hydrogen (secondary N) is 1. The van der Waals surface area contributed by atoms with E-state index in [9.17, 15) is 0 Å². The normalized spacial score (nSPS) is 14.4. The lowest BCUT2D eigenvalue weighted by Gasteiger charge is -2.36. The standard InChI is InChI=1S/C23H31N3O3S/c1-16-12-17(2)14-19(13-16)24-23(30)26-10-8-25(9-11-26)15-18-6-7-20(27-3)22(29-5)21(18)28-4/h6-7,12-14H,8-11,15H2,1-5H3,(H,24,30). The Bertz CT molecular complexity index is 875. The fourth-order valence-electron chi connectivity index (χ4n) is 3.89. The fraction of sp³-hybridized carbons (Fsp3) is 0.435. The Morgan fingerprint density at radius 3 is 2.10 bits per heavy atom. The first kappa shape index (κ1) is 22.2. The van der Waals surface area contributed by atoms with E-state index in [2.05, 4.69) is 47.2 Å². The number of piperazine rings is 1. The number of anilines is 1. The third-order valence-electron chi connectivity index (χ3n) is 5.31. The molecule has 0 saturated carbocycles. The van der Waals surface area contributed by atoms with Crippen molar-refractivity contribution in [2.75, 3.05) is 52.8 Å². The number of nitrogens with zero attached hydrogens (tertiary/aromatic N) is 2. The highest BCUT2D eigenvalue weighted by Crippen LogP contribution is 2.40. The highest BCUT2D eigenvalue weighted by molar-refractivity contribution is 7.80. The van der Waals surface area contributed by atoms with E-state index in [-0.39, 0.29) is 0 Å². The van der Waals surface area contributed by atoms with Crippen LogP contribution in [-0.4, -0.2) is 62.4 Å². The van der Waals surface area contributed by atoms with Gasteiger partial charge in [-0.3, -0.25) is 4.90 Å². The van der Waals surface area contributed by atoms with Gasteiger partial charge in [0, 0.05) is 44.0 Å². The molecule has 2 aromatic carbocycles. The van der Waals surface area contributed by atoms with Crippen molar-refractivity contribution in [2.24, 2.45) is 0 Å². The van der Waals surface area contributed by atoms with Gasteiger partial charge in [0.1, 0.15) is 0 Å². The zero-order valence-electron chi connectivity index (χ0n) is 18.4. The van der Waals surface area contributed by atoms with Crippen molar-refractivity contribution in [3.63, 3.8) is 0 Å². The summed E-state index contributed by atoms with van der Waals surface area (Å²) in [4.78, 5) is 4.63. The molecule has 2 aromatic rings. The number of methoxy groups -OCH3 is 3. The van der Waals surface area contributed by atoms with Gasteiger partial charge in [0.05, 0.1) is 21.3 Å². The number of hydrogen-bond donors (Lipinski definition) is 1. The van der Waals surface area contributed by atoms with Crippen LogP contribution in [0.2, 0.25) is 0 Å². The van der Waals surface area contributed by atoms with Gasteiger partial charge in [-0.25, -0.2) is 0 Å². The summed E-state index contributed by atoms with van der Waals surface area (Å²) in [5.74, 6) is 2.03. The molecule has 1 fully saturated rings. The fourth-order valence-corrected chi connectivity index (χ4v) is 4.19. The first-order valence-electron chi connectivity index (χ1n) is 10.1. The summed E-state index contributed by atoms with van der Waals surface area (Å²) in [5.41, 5.74) is 4.59. The molecule has 1 aliphatic heterocycles. The van der Waals surface area contributed by atoms with Gasteiger partial charge in [-0.05, 0) is 55.4 Å². The minimum Gasteiger partial charge on any atom is -0.493 e. The summed E-state index contributed by atoms with van der Waals surface area (Å²) < 4.78 is 16.5. The van der Waals surface area contributed by atoms with E-state index in [1.54, 1.807) is 21.3 Å². The van der Waals surface area contributed by atoms with Gasteiger partial charge in [0.15, 0.2) is 16.6 Å². The van der Waals surface area contributed by atoms with Gasteiger partial charge < -0.3 is 24.4 Å². The molecular formula is C23H31N3O3S. The van der Waals surface area contributed by atoms with Gasteiger partial charge in [0.25, 0.3) is 0 Å². The van der Waals surface area contributed by atoms with Gasteiger partial charge in [0.2, 0.25) is 5.75 Å². The topological polar surface area (TPSA) is 46.2 Å². The zero-order valence-corrected chi connectivity index (χ0v) is 19.3. The number of thiocarbonyl (C=S) groups is 1. The third kappa shape index (κ3) is 5.15. The van der Waals surface area contributed by atoms with Crippen molar-refractivity contribution in [3.8, 4) is 17.2 Å². The summed E-state index contributed by atoms with van der Waals surface area (Å²) in [6.45, 7) is 8.59. The number of benzene rings is 2. The number of aryl methyl sites for hydroxylation is 2. The highest BCUT2D eigenvalue weighted by atomic mass is 32.1. The van der Waals surface area contributed by atoms with Gasteiger partial charge in [-0.2, -0.15) is 0 Å². The van der Waals surface area contributed by atoms with Crippen LogP contribution >= 0.6 is 12.2 Å². The van der Waals surface area contributed by atoms with E-state index in [0.29, 0.717) is 11.5 Å². The Hall–Kier alpha value is -2.51. The lowest BCUT2D eigenvalue weighted by atomic mass is 10.1. The Balaban J connectivity index is 1.60. The van der Waals surface area contributed by atoms with E-state index in [4.69, 9.17) is 26.4 Å². The van der Waals surface area contributed by atoms with Crippen molar-refractivity contribution in [1.82, 2.24) is 9.80 Å². The minimum atomic E-state index is 0.634. The summed E-state index contributed by atoms with van der Waals surface area (Å²) in [6, 6.07) is 10.4. The summed E-state index contributed by atoms with van der Waals surface area (Å²) in [7, 11) is 4.92. The van der Waals surface area contributed by atoms with Crippen LogP contribution in [0.1, 0.15) is 16.7 Å². The minimum absolute atomic E-state index is 0.634. The predicted octanol–water partition coefficient (Wildman–Crippen LogP) is 3.84. The lowest BCUT2D eigenvalue weighted by molar-refractivity contribution is 0.175. The molecule has 7 heteroatoms. The van der Waals surface area contributed by atoms with Crippen molar-refractivity contribution in [2.45, 2.75) is 20.4 Å². The van der Waals surface area contributed by atoms with E-state index >= 15 is 0 Å². The zero-order chi connectivity index (χ0) is 21.7. The van der Waals surface area contributed by atoms with E-state index in [1.165, 1.54) is 11.1 Å². The summed E-state index contributed by atoms with van der Waals surface area (Å²) in [6.07, 6.45) is 0. The quantitative estimate of drug-likeness (QED) is 0.700. The van der Waals surface area contributed by atoms with Gasteiger partial charge in [-0.15, -0.1) is 0 Å².